The summed E-state index contributed by atoms with van der Waals surface area (Å²) in [5, 5.41) is 12.2. The highest BCUT2D eigenvalue weighted by molar-refractivity contribution is 6.32. The van der Waals surface area contributed by atoms with Gasteiger partial charge in [0.25, 0.3) is 0 Å². The minimum absolute atomic E-state index is 0.0682. The third kappa shape index (κ3) is 4.58. The lowest BCUT2D eigenvalue weighted by Crippen LogP contribution is -2.37. The van der Waals surface area contributed by atoms with Gasteiger partial charge in [-0.15, -0.1) is 0 Å². The number of rotatable bonds is 7. The molecule has 0 aromatic heterocycles. The largest absolute Gasteiger partial charge is 0.490 e. The Morgan fingerprint density at radius 3 is 2.75 bits per heavy atom. The summed E-state index contributed by atoms with van der Waals surface area (Å²) in [5.74, 6) is 0.463. The summed E-state index contributed by atoms with van der Waals surface area (Å²) >= 11 is 6.06. The van der Waals surface area contributed by atoms with E-state index in [9.17, 15) is 4.79 Å². The lowest BCUT2D eigenvalue weighted by molar-refractivity contribution is 0.188. The Morgan fingerprint density at radius 2 is 2.15 bits per heavy atom. The highest BCUT2D eigenvalue weighted by Crippen LogP contribution is 2.33. The van der Waals surface area contributed by atoms with Gasteiger partial charge in [-0.25, -0.2) is 4.79 Å². The number of amides is 2. The highest BCUT2D eigenvalue weighted by atomic mass is 35.5. The van der Waals surface area contributed by atoms with Crippen LogP contribution < -0.4 is 10.1 Å². The molecule has 5 nitrogen and oxygen atoms in total. The monoisotopic (exact) mass is 300 g/mol. The van der Waals surface area contributed by atoms with Crippen LogP contribution in [0.4, 0.5) is 10.5 Å². The van der Waals surface area contributed by atoms with Crippen molar-refractivity contribution in [3.63, 3.8) is 0 Å². The molecule has 0 unspecified atom stereocenters. The van der Waals surface area contributed by atoms with Crippen LogP contribution in [0.2, 0.25) is 5.02 Å². The molecular weight excluding hydrogens is 280 g/mol. The van der Waals surface area contributed by atoms with Crippen molar-refractivity contribution in [1.82, 2.24) is 4.90 Å². The second kappa shape index (κ2) is 8.66. The minimum atomic E-state index is -0.274. The number of nitrogens with zero attached hydrogens (tertiary/aromatic N) is 1. The lowest BCUT2D eigenvalue weighted by atomic mass is 10.3. The standard InChI is InChI=1S/C14H21ClN2O3/c1-3-8-17(9-10-18)14(19)16-12-7-5-6-11(15)13(12)20-4-2/h5-7,18H,3-4,8-10H2,1-2H3,(H,16,19). The molecule has 1 rings (SSSR count). The fraction of sp³-hybridized carbons (Fsp3) is 0.500. The number of anilines is 1. The maximum atomic E-state index is 12.2. The maximum Gasteiger partial charge on any atom is 0.322 e. The van der Waals surface area contributed by atoms with Crippen LogP contribution in [0, 0.1) is 0 Å². The maximum absolute atomic E-state index is 12.2. The number of hydrogen-bond donors (Lipinski definition) is 2. The Bertz CT molecular complexity index is 434. The number of hydrogen-bond acceptors (Lipinski definition) is 3. The summed E-state index contributed by atoms with van der Waals surface area (Å²) in [5.41, 5.74) is 0.531. The van der Waals surface area contributed by atoms with Crippen molar-refractivity contribution < 1.29 is 14.6 Å². The van der Waals surface area contributed by atoms with Crippen LogP contribution in [0.15, 0.2) is 18.2 Å². The summed E-state index contributed by atoms with van der Waals surface area (Å²) in [6.07, 6.45) is 0.821. The molecule has 2 N–H and O–H groups in total. The molecule has 6 heteroatoms. The number of urea groups is 1. The number of carbonyl (C=O) groups excluding carboxylic acids is 1. The third-order valence-electron chi connectivity index (χ3n) is 2.65. The van der Waals surface area contributed by atoms with Gasteiger partial charge in [0.1, 0.15) is 0 Å². The van der Waals surface area contributed by atoms with E-state index in [0.29, 0.717) is 36.2 Å². The van der Waals surface area contributed by atoms with E-state index in [0.717, 1.165) is 6.42 Å². The fourth-order valence-corrected chi connectivity index (χ4v) is 2.03. The van der Waals surface area contributed by atoms with Crippen LogP contribution in [0.3, 0.4) is 0 Å². The molecule has 0 saturated heterocycles. The zero-order valence-electron chi connectivity index (χ0n) is 11.9. The topological polar surface area (TPSA) is 61.8 Å². The zero-order valence-corrected chi connectivity index (χ0v) is 12.6. The number of aliphatic hydroxyl groups is 1. The first-order chi connectivity index (χ1) is 9.63. The van der Waals surface area contributed by atoms with Crippen LogP contribution in [-0.4, -0.2) is 42.3 Å². The number of ether oxygens (including phenoxy) is 1. The lowest BCUT2D eigenvalue weighted by Gasteiger charge is -2.22. The third-order valence-corrected chi connectivity index (χ3v) is 2.95. The number of benzene rings is 1. The molecule has 0 aliphatic rings. The van der Waals surface area contributed by atoms with Crippen molar-refractivity contribution in [3.8, 4) is 5.75 Å². The summed E-state index contributed by atoms with van der Waals surface area (Å²) in [7, 11) is 0. The second-order valence-electron chi connectivity index (χ2n) is 4.19. The highest BCUT2D eigenvalue weighted by Gasteiger charge is 2.15. The Labute approximate surface area is 124 Å². The van der Waals surface area contributed by atoms with Gasteiger partial charge in [-0.1, -0.05) is 24.6 Å². The molecule has 1 aromatic rings. The summed E-state index contributed by atoms with van der Waals surface area (Å²) < 4.78 is 5.45. The average Bonchev–Trinajstić information content (AvgIpc) is 2.42. The molecule has 0 aliphatic carbocycles. The summed E-state index contributed by atoms with van der Waals surface area (Å²) in [4.78, 5) is 13.7. The quantitative estimate of drug-likeness (QED) is 0.814. The van der Waals surface area contributed by atoms with E-state index in [1.54, 1.807) is 23.1 Å². The van der Waals surface area contributed by atoms with E-state index in [4.69, 9.17) is 21.4 Å². The minimum Gasteiger partial charge on any atom is -0.490 e. The molecule has 0 bridgehead atoms. The van der Waals surface area contributed by atoms with Gasteiger partial charge in [0, 0.05) is 13.1 Å². The van der Waals surface area contributed by atoms with Gasteiger partial charge >= 0.3 is 6.03 Å². The summed E-state index contributed by atoms with van der Waals surface area (Å²) in [6, 6.07) is 4.91. The number of para-hydroxylation sites is 1. The van der Waals surface area contributed by atoms with Crippen LogP contribution in [0.1, 0.15) is 20.3 Å². The summed E-state index contributed by atoms with van der Waals surface area (Å²) in [6.45, 7) is 5.09. The Hall–Kier alpha value is -1.46. The van der Waals surface area contributed by atoms with Crippen LogP contribution >= 0.6 is 11.6 Å². The predicted molar refractivity (Wildman–Crippen MR) is 80.6 cm³/mol. The number of aliphatic hydroxyl groups excluding tert-OH is 1. The molecule has 0 heterocycles. The fourth-order valence-electron chi connectivity index (χ4n) is 1.80. The van der Waals surface area contributed by atoms with E-state index < -0.39 is 0 Å². The van der Waals surface area contributed by atoms with Gasteiger partial charge in [0.05, 0.1) is 23.9 Å². The van der Waals surface area contributed by atoms with Crippen LogP contribution in [-0.2, 0) is 0 Å². The Morgan fingerprint density at radius 1 is 1.40 bits per heavy atom. The van der Waals surface area contributed by atoms with E-state index in [1.165, 1.54) is 0 Å². The first kappa shape index (κ1) is 16.6. The Balaban J connectivity index is 2.85. The molecule has 0 fully saturated rings. The molecule has 0 aliphatic heterocycles. The van der Waals surface area contributed by atoms with E-state index in [-0.39, 0.29) is 12.6 Å². The molecular formula is C14H21ClN2O3. The second-order valence-corrected chi connectivity index (χ2v) is 4.60. The molecule has 112 valence electrons. The number of carbonyl (C=O) groups is 1. The molecule has 1 aromatic carbocycles. The van der Waals surface area contributed by atoms with E-state index in [2.05, 4.69) is 5.32 Å². The van der Waals surface area contributed by atoms with Crippen molar-refractivity contribution in [2.75, 3.05) is 31.6 Å². The predicted octanol–water partition coefficient (Wildman–Crippen LogP) is 2.97. The first-order valence-electron chi connectivity index (χ1n) is 6.72. The van der Waals surface area contributed by atoms with Crippen LogP contribution in [0.5, 0.6) is 5.75 Å². The van der Waals surface area contributed by atoms with E-state index >= 15 is 0 Å². The van der Waals surface area contributed by atoms with E-state index in [1.807, 2.05) is 13.8 Å². The SMILES string of the molecule is CCCN(CCO)C(=O)Nc1cccc(Cl)c1OCC. The number of nitrogens with one attached hydrogen (secondary N) is 1. The van der Waals surface area contributed by atoms with Gasteiger partial charge in [-0.2, -0.15) is 0 Å². The zero-order chi connectivity index (χ0) is 15.0. The van der Waals surface area contributed by atoms with Crippen molar-refractivity contribution in [3.05, 3.63) is 23.2 Å². The molecule has 2 amide bonds. The van der Waals surface area contributed by atoms with Gasteiger partial charge < -0.3 is 20.1 Å². The average molecular weight is 301 g/mol. The van der Waals surface area contributed by atoms with Crippen LogP contribution in [0.25, 0.3) is 0 Å². The number of halogens is 1. The first-order valence-corrected chi connectivity index (χ1v) is 7.09. The smallest absolute Gasteiger partial charge is 0.322 e. The molecule has 0 saturated carbocycles. The molecule has 0 radical (unpaired) electrons. The van der Waals surface area contributed by atoms with Gasteiger partial charge in [0.15, 0.2) is 5.75 Å². The van der Waals surface area contributed by atoms with Gasteiger partial charge in [-0.3, -0.25) is 0 Å². The molecule has 20 heavy (non-hydrogen) atoms. The molecule has 0 atom stereocenters. The normalized spacial score (nSPS) is 10.2. The Kier molecular flexibility index (Phi) is 7.18. The van der Waals surface area contributed by atoms with Crippen molar-refractivity contribution in [2.45, 2.75) is 20.3 Å². The van der Waals surface area contributed by atoms with Crippen molar-refractivity contribution in [2.24, 2.45) is 0 Å². The van der Waals surface area contributed by atoms with Gasteiger partial charge in [0.2, 0.25) is 0 Å². The van der Waals surface area contributed by atoms with Crippen molar-refractivity contribution >= 4 is 23.3 Å². The van der Waals surface area contributed by atoms with Crippen molar-refractivity contribution in [1.29, 1.82) is 0 Å². The molecule has 0 spiro atoms. The van der Waals surface area contributed by atoms with Gasteiger partial charge in [-0.05, 0) is 25.5 Å².